The maximum atomic E-state index is 14.6. The van der Waals surface area contributed by atoms with Crippen LogP contribution in [0.3, 0.4) is 0 Å². The average Bonchev–Trinajstić information content (AvgIpc) is 3.20. The lowest BCUT2D eigenvalue weighted by Gasteiger charge is -2.41. The zero-order chi connectivity index (χ0) is 26.8. The molecule has 0 saturated carbocycles. The van der Waals surface area contributed by atoms with E-state index >= 15 is 0 Å². The summed E-state index contributed by atoms with van der Waals surface area (Å²) in [7, 11) is -3.38. The molecule has 1 saturated heterocycles. The predicted molar refractivity (Wildman–Crippen MR) is 130 cm³/mol. The van der Waals surface area contributed by atoms with Crippen LogP contribution in [0.25, 0.3) is 11.1 Å². The van der Waals surface area contributed by atoms with E-state index in [9.17, 15) is 31.2 Å². The van der Waals surface area contributed by atoms with Crippen LogP contribution >= 0.6 is 0 Å². The summed E-state index contributed by atoms with van der Waals surface area (Å²) >= 11 is 0. The Morgan fingerprint density at radius 3 is 2.00 bits per heavy atom. The van der Waals surface area contributed by atoms with Gasteiger partial charge in [0.15, 0.2) is 15.6 Å². The van der Waals surface area contributed by atoms with Gasteiger partial charge in [0.1, 0.15) is 6.04 Å². The Labute approximate surface area is 208 Å². The minimum atomic E-state index is -4.80. The van der Waals surface area contributed by atoms with Gasteiger partial charge in [-0.05, 0) is 41.2 Å². The molecule has 2 aromatic carbocycles. The second-order valence-corrected chi connectivity index (χ2v) is 11.5. The summed E-state index contributed by atoms with van der Waals surface area (Å²) < 4.78 is 67.2. The molecule has 2 aromatic rings. The van der Waals surface area contributed by atoms with Crippen molar-refractivity contribution < 1.29 is 31.2 Å². The zero-order valence-electron chi connectivity index (χ0n) is 20.2. The average molecular weight is 526 g/mol. The van der Waals surface area contributed by atoms with Gasteiger partial charge in [-0.2, -0.15) is 13.2 Å². The number of primary amides is 1. The topological polar surface area (TPSA) is 110 Å². The highest BCUT2D eigenvalue weighted by Gasteiger charge is 2.52. The Kier molecular flexibility index (Phi) is 8.27. The molecule has 1 aliphatic rings. The second kappa shape index (κ2) is 10.7. The number of sulfone groups is 1. The van der Waals surface area contributed by atoms with Crippen molar-refractivity contribution in [2.24, 2.45) is 11.7 Å². The predicted octanol–water partition coefficient (Wildman–Crippen LogP) is 3.10. The van der Waals surface area contributed by atoms with Crippen molar-refractivity contribution in [1.82, 2.24) is 10.2 Å². The first-order valence-electron chi connectivity index (χ1n) is 11.5. The van der Waals surface area contributed by atoms with Crippen molar-refractivity contribution in [3.05, 3.63) is 54.1 Å². The number of nitrogens with one attached hydrogen (secondary N) is 1. The van der Waals surface area contributed by atoms with E-state index in [4.69, 9.17) is 5.73 Å². The molecule has 1 amide bonds. The van der Waals surface area contributed by atoms with E-state index in [0.717, 1.165) is 11.2 Å². The fourth-order valence-electron chi connectivity index (χ4n) is 4.53. The number of amides is 1. The highest BCUT2D eigenvalue weighted by Crippen LogP contribution is 2.42. The van der Waals surface area contributed by atoms with Crippen molar-refractivity contribution in [3.8, 4) is 11.1 Å². The molecule has 0 unspecified atom stereocenters. The fourth-order valence-corrected chi connectivity index (χ4v) is 5.16. The third-order valence-electron chi connectivity index (χ3n) is 6.20. The normalized spacial score (nSPS) is 18.6. The van der Waals surface area contributed by atoms with Crippen LogP contribution in [0.5, 0.6) is 0 Å². The molecule has 3 N–H and O–H groups in total. The molecule has 0 radical (unpaired) electrons. The molecule has 1 heterocycles. The molecular formula is C25H30F3N3O4S. The molecule has 3 atom stereocenters. The molecule has 0 aromatic heterocycles. The summed E-state index contributed by atoms with van der Waals surface area (Å²) in [6.45, 7) is 3.45. The van der Waals surface area contributed by atoms with Crippen LogP contribution in [-0.4, -0.2) is 62.6 Å². The number of Topliss-reactive ketones (excluding diaryl/α,β-unsaturated/α-hetero) is 1. The smallest absolute Gasteiger partial charge is 0.368 e. The van der Waals surface area contributed by atoms with E-state index in [1.807, 2.05) is 0 Å². The van der Waals surface area contributed by atoms with Gasteiger partial charge in [0.25, 0.3) is 0 Å². The third kappa shape index (κ3) is 6.32. The van der Waals surface area contributed by atoms with Crippen molar-refractivity contribution in [2.75, 3.05) is 19.3 Å². The van der Waals surface area contributed by atoms with E-state index in [0.29, 0.717) is 11.1 Å². The highest BCUT2D eigenvalue weighted by molar-refractivity contribution is 7.90. The van der Waals surface area contributed by atoms with Gasteiger partial charge in [-0.25, -0.2) is 8.42 Å². The van der Waals surface area contributed by atoms with Gasteiger partial charge >= 0.3 is 6.18 Å². The summed E-state index contributed by atoms with van der Waals surface area (Å²) in [5.41, 5.74) is 6.65. The summed E-state index contributed by atoms with van der Waals surface area (Å²) in [4.78, 5) is 26.0. The molecule has 0 spiro atoms. The molecule has 36 heavy (non-hydrogen) atoms. The Morgan fingerprint density at radius 1 is 1.08 bits per heavy atom. The lowest BCUT2D eigenvalue weighted by atomic mass is 9.93. The molecular weight excluding hydrogens is 495 g/mol. The van der Waals surface area contributed by atoms with Crippen LogP contribution in [0, 0.1) is 5.92 Å². The van der Waals surface area contributed by atoms with E-state index in [2.05, 4.69) is 5.32 Å². The molecule has 11 heteroatoms. The fraction of sp³-hybridized carbons (Fsp3) is 0.440. The number of hydrogen-bond donors (Lipinski definition) is 2. The summed E-state index contributed by atoms with van der Waals surface area (Å²) in [6.07, 6.45) is -3.65. The van der Waals surface area contributed by atoms with Crippen LogP contribution in [0.1, 0.15) is 31.9 Å². The Hall–Kier alpha value is -2.76. The number of rotatable bonds is 9. The van der Waals surface area contributed by atoms with Gasteiger partial charge in [0.05, 0.1) is 23.5 Å². The zero-order valence-corrected chi connectivity index (χ0v) is 21.1. The number of carbonyl (C=O) groups is 2. The quantitative estimate of drug-likeness (QED) is 0.521. The number of nitrogens with two attached hydrogens (primary N) is 1. The van der Waals surface area contributed by atoms with Crippen LogP contribution < -0.4 is 11.1 Å². The van der Waals surface area contributed by atoms with Gasteiger partial charge in [-0.3, -0.25) is 14.5 Å². The second-order valence-electron chi connectivity index (χ2n) is 9.47. The molecule has 7 nitrogen and oxygen atoms in total. The minimum Gasteiger partial charge on any atom is -0.368 e. The minimum absolute atomic E-state index is 0.0158. The number of carbonyl (C=O) groups excluding carboxylic acids is 2. The third-order valence-corrected chi connectivity index (χ3v) is 7.33. The Morgan fingerprint density at radius 2 is 1.61 bits per heavy atom. The molecule has 1 fully saturated rings. The van der Waals surface area contributed by atoms with Crippen molar-refractivity contribution in [1.29, 1.82) is 0 Å². The summed E-state index contributed by atoms with van der Waals surface area (Å²) in [6, 6.07) is 6.95. The van der Waals surface area contributed by atoms with Crippen LogP contribution in [0.15, 0.2) is 53.4 Å². The van der Waals surface area contributed by atoms with E-state index < -0.39 is 45.8 Å². The number of nitrogens with zero attached hydrogens (tertiary/aromatic N) is 1. The molecule has 0 aliphatic carbocycles. The molecule has 0 bridgehead atoms. The van der Waals surface area contributed by atoms with E-state index in [1.54, 1.807) is 26.0 Å². The lowest BCUT2D eigenvalue weighted by molar-refractivity contribution is -0.199. The molecule has 3 rings (SSSR count). The van der Waals surface area contributed by atoms with E-state index in [1.165, 1.54) is 36.4 Å². The number of benzene rings is 2. The van der Waals surface area contributed by atoms with Crippen LogP contribution in [-0.2, 0) is 19.4 Å². The number of hydrogen-bond acceptors (Lipinski definition) is 6. The number of alkyl halides is 3. The van der Waals surface area contributed by atoms with Gasteiger partial charge in [-0.15, -0.1) is 0 Å². The van der Waals surface area contributed by atoms with E-state index in [-0.39, 0.29) is 35.9 Å². The number of ketones is 1. The van der Waals surface area contributed by atoms with Crippen LogP contribution in [0.4, 0.5) is 13.2 Å². The van der Waals surface area contributed by atoms with Crippen molar-refractivity contribution in [3.63, 3.8) is 0 Å². The van der Waals surface area contributed by atoms with Gasteiger partial charge < -0.3 is 11.1 Å². The summed E-state index contributed by atoms with van der Waals surface area (Å²) in [5, 5.41) is 2.80. The molecule has 196 valence electrons. The highest BCUT2D eigenvalue weighted by atomic mass is 32.2. The summed E-state index contributed by atoms with van der Waals surface area (Å²) in [5.74, 6) is -1.48. The lowest BCUT2D eigenvalue weighted by Crippen LogP contribution is -2.57. The van der Waals surface area contributed by atoms with Gasteiger partial charge in [-0.1, -0.05) is 50.2 Å². The maximum Gasteiger partial charge on any atom is 0.408 e. The van der Waals surface area contributed by atoms with Crippen molar-refractivity contribution >= 4 is 21.5 Å². The standard InChI is InChI=1S/C25H30F3N3O4S/c1-15(2)12-20(24(29)33)31(21-13-30-14-22(21)32)23(25(26,27)28)18-6-4-16(5-7-18)17-8-10-19(11-9-17)36(3,34)35/h4-11,15,20-21,23,30H,12-14H2,1-3H3,(H2,29,33)/t20-,21-,23-/m0/s1. The Bertz CT molecular complexity index is 1200. The van der Waals surface area contributed by atoms with Crippen molar-refractivity contribution in [2.45, 2.75) is 49.5 Å². The van der Waals surface area contributed by atoms with Crippen LogP contribution in [0.2, 0.25) is 0 Å². The van der Waals surface area contributed by atoms with Gasteiger partial charge in [0, 0.05) is 12.8 Å². The maximum absolute atomic E-state index is 14.6. The first-order valence-corrected chi connectivity index (χ1v) is 13.4. The monoisotopic (exact) mass is 525 g/mol. The molecule has 1 aliphatic heterocycles. The first kappa shape index (κ1) is 27.8. The van der Waals surface area contributed by atoms with Gasteiger partial charge in [0.2, 0.25) is 5.91 Å². The Balaban J connectivity index is 2.05. The SMILES string of the molecule is CC(C)C[C@@H](C(N)=O)N([C@@H](c1ccc(-c2ccc(S(C)(=O)=O)cc2)cc1)C(F)(F)F)[C@H]1CNCC1=O. The largest absolute Gasteiger partial charge is 0.408 e. The number of halogens is 3. The first-order chi connectivity index (χ1) is 16.7.